The number of piperidine rings is 1. The molecule has 41 heteroatoms. The highest BCUT2D eigenvalue weighted by atomic mass is 32.2. The summed E-state index contributed by atoms with van der Waals surface area (Å²) in [5.41, 5.74) is 7.09. The molecular weight excluding hydrogens is 1770 g/mol. The Morgan fingerprint density at radius 3 is 1.72 bits per heavy atom. The van der Waals surface area contributed by atoms with Gasteiger partial charge in [-0.2, -0.15) is 0 Å². The number of phenols is 1. The number of hydrogen-bond acceptors (Lipinski definition) is 19. The van der Waals surface area contributed by atoms with Crippen molar-refractivity contribution >= 4 is 123 Å². The number of likely N-dealkylation sites (N-methyl/N-ethyl adjacent to an activating group) is 4. The predicted octanol–water partition coefficient (Wildman–Crippen LogP) is 3.11. The van der Waals surface area contributed by atoms with Crippen molar-refractivity contribution < 1.29 is 114 Å². The summed E-state index contributed by atoms with van der Waals surface area (Å²) in [6.45, 7) is 7.43. The van der Waals surface area contributed by atoms with Crippen molar-refractivity contribution in [3.05, 3.63) is 173 Å². The summed E-state index contributed by atoms with van der Waals surface area (Å²) in [5, 5.41) is 54.6. The molecule has 0 aliphatic carbocycles. The van der Waals surface area contributed by atoms with Crippen LogP contribution in [0.5, 0.6) is 5.75 Å². The van der Waals surface area contributed by atoms with Crippen LogP contribution in [0.15, 0.2) is 121 Å². The summed E-state index contributed by atoms with van der Waals surface area (Å²) in [7, 11) is 3.52. The van der Waals surface area contributed by atoms with Crippen LogP contribution in [-0.4, -0.2) is 277 Å². The third-order valence-corrected chi connectivity index (χ3v) is 24.2. The number of benzene rings is 5. The van der Waals surface area contributed by atoms with E-state index >= 15 is 56.7 Å². The molecule has 1 aromatic heterocycles. The van der Waals surface area contributed by atoms with E-state index in [-0.39, 0.29) is 75.8 Å². The Morgan fingerprint density at radius 2 is 1.10 bits per heavy atom. The first kappa shape index (κ1) is 106. The molecule has 134 heavy (non-hydrogen) atoms. The van der Waals surface area contributed by atoms with Crippen LogP contribution in [0.25, 0.3) is 10.9 Å². The summed E-state index contributed by atoms with van der Waals surface area (Å²) in [6, 6.07) is 6.03. The van der Waals surface area contributed by atoms with Gasteiger partial charge in [0.05, 0.1) is 25.3 Å². The minimum absolute atomic E-state index is 0.0615. The molecule has 0 radical (unpaired) electrons. The zero-order valence-electron chi connectivity index (χ0n) is 76.0. The number of carboxylic acid groups (broad SMARTS) is 2. The average Bonchev–Trinajstić information content (AvgIpc) is 1.28. The Kier molecular flexibility index (Phi) is 39.8. The maximum absolute atomic E-state index is 15.6. The van der Waals surface area contributed by atoms with Gasteiger partial charge in [0.15, 0.2) is 17.5 Å². The lowest BCUT2D eigenvalue weighted by Crippen LogP contribution is -2.62. The van der Waals surface area contributed by atoms with Crippen LogP contribution >= 0.6 is 11.8 Å². The average molecular weight is 1890 g/mol. The van der Waals surface area contributed by atoms with Crippen LogP contribution in [0.2, 0.25) is 0 Å². The molecule has 0 bridgehead atoms. The highest BCUT2D eigenvalue weighted by molar-refractivity contribution is 8.00. The van der Waals surface area contributed by atoms with E-state index in [0.29, 0.717) is 64.3 Å². The quantitative estimate of drug-likeness (QED) is 0.0289. The molecule has 2 aliphatic heterocycles. The molecule has 0 spiro atoms. The minimum Gasteiger partial charge on any atom is -0.508 e. The summed E-state index contributed by atoms with van der Waals surface area (Å²) in [4.78, 5) is 257. The first-order valence-electron chi connectivity index (χ1n) is 44.2. The van der Waals surface area contributed by atoms with Crippen molar-refractivity contribution in [3.8, 4) is 5.75 Å². The summed E-state index contributed by atoms with van der Waals surface area (Å²) in [5.74, 6) is -27.4. The van der Waals surface area contributed by atoms with Crippen LogP contribution in [0.3, 0.4) is 0 Å². The molecule has 15 N–H and O–H groups in total. The Bertz CT molecular complexity index is 5190. The van der Waals surface area contributed by atoms with Gasteiger partial charge in [0, 0.05) is 95.6 Å². The van der Waals surface area contributed by atoms with E-state index in [9.17, 15) is 57.7 Å². The number of aromatic nitrogens is 1. The molecular formula is C93H118F4N16O20S. The highest BCUT2D eigenvalue weighted by Gasteiger charge is 2.44. The van der Waals surface area contributed by atoms with Gasteiger partial charge < -0.3 is 98.4 Å². The Morgan fingerprint density at radius 1 is 0.537 bits per heavy atom. The number of aromatic hydroxyl groups is 1. The van der Waals surface area contributed by atoms with Gasteiger partial charge in [-0.25, -0.2) is 17.6 Å². The molecule has 3 heterocycles. The number of unbranched alkanes of at least 4 members (excludes halogenated alkanes) is 1. The van der Waals surface area contributed by atoms with Gasteiger partial charge in [0.2, 0.25) is 88.6 Å². The van der Waals surface area contributed by atoms with Gasteiger partial charge >= 0.3 is 11.9 Å². The van der Waals surface area contributed by atoms with Crippen LogP contribution in [0.1, 0.15) is 134 Å². The molecule has 12 atom stereocenters. The van der Waals surface area contributed by atoms with Gasteiger partial charge in [0.25, 0.3) is 0 Å². The van der Waals surface area contributed by atoms with Crippen LogP contribution in [0.4, 0.5) is 17.6 Å². The Hall–Kier alpha value is -13.5. The second-order valence-corrected chi connectivity index (χ2v) is 35.1. The molecule has 36 nitrogen and oxygen atoms in total. The number of halogens is 4. The third kappa shape index (κ3) is 30.5. The summed E-state index contributed by atoms with van der Waals surface area (Å²) in [6.07, 6.45) is -2.30. The van der Waals surface area contributed by atoms with Gasteiger partial charge in [0.1, 0.15) is 84.1 Å². The fourth-order valence-electron chi connectivity index (χ4n) is 15.8. The Labute approximate surface area is 776 Å². The van der Waals surface area contributed by atoms with Crippen molar-refractivity contribution in [1.29, 1.82) is 0 Å². The second-order valence-electron chi connectivity index (χ2n) is 34.1. The first-order chi connectivity index (χ1) is 63.6. The largest absolute Gasteiger partial charge is 0.508 e. The topological polar surface area (TPSA) is 517 Å². The monoisotopic (exact) mass is 1890 g/mol. The highest BCUT2D eigenvalue weighted by Crippen LogP contribution is 2.27. The number of thioether (sulfide) groups is 1. The van der Waals surface area contributed by atoms with E-state index in [2.05, 4.69) is 52.8 Å². The molecule has 0 saturated carbocycles. The standard InChI is InChI=1S/C93H118F4N16O20S/c1-10-12-24-72-92(132)112(11-2)48-76(116)101-68(45-79(120)121)86(126)108-81(52(5)6)93(133)110(8)73(42-53-20-14-13-15-21-53)88(128)103-64(34-35-78(118)119)90(130)113-36-19-18-25-71(113)87(127)106-67(44-57-46-99-63-23-17-16-22-60(57)63)85(125)105-66(40-54-28-32-59(114)33-29-54)84(124)104-65(37-51(3)4)83(123)107-70(82(122)100-47-75(98)115)49-134-50-77(117)102-69(41-56-38-61(95)80(97)62(96)39-56)89(129)111(9)74(91(131)109(72)7)43-55-26-30-58(94)31-27-55/h13-17,20-23,26-33,38-39,46,51-52,64-74,81,99,114H,10-12,18-19,24-25,34-37,40-45,47-50H2,1-9H3,(H2,98,115)(H,100,122)(H,101,116)(H,102,117)(H,103,128)(H,104,124)(H,105,125)(H,106,127)(H,107,123)(H,108,126)(H,118,119)(H,120,121)/t64-,65-,66-,67-,68-,69-,70-,71+,72-,73-,74-,81-/m0/s1. The molecule has 8 rings (SSSR count). The minimum atomic E-state index is -2.00. The second kappa shape index (κ2) is 50.4. The molecule has 15 amide bonds. The van der Waals surface area contributed by atoms with Gasteiger partial charge in [-0.05, 0) is 128 Å². The van der Waals surface area contributed by atoms with Crippen molar-refractivity contribution in [2.75, 3.05) is 58.8 Å². The first-order valence-corrected chi connectivity index (χ1v) is 45.3. The van der Waals surface area contributed by atoms with Crippen LogP contribution in [0, 0.1) is 35.1 Å². The number of amides is 15. The number of primary amides is 1. The SMILES string of the molecule is CCCC[C@H]1C(=O)N(CC)CC(=O)N[C@@H](CC(=O)O)C(=O)N[C@@H](C(C)C)C(=O)N(C)[C@@H](Cc2ccccc2)C(=O)N[C@@H](CCC(=O)O)C(=O)N2CCCC[C@@H]2C(=O)N[C@@H](Cc2c[nH]c3ccccc23)C(=O)N[C@@H](Cc2ccc(O)cc2)C(=O)N[C@@H](CC(C)C)C(=O)N[C@H](C(=O)NCC(N)=O)CSCC(=O)N[C@@H](Cc2cc(F)c(F)c(F)c2)C(=O)N(C)[C@@H](Cc2ccc(F)cc2)C(=O)N1C. The van der Waals surface area contributed by atoms with E-state index in [0.717, 1.165) is 43.7 Å². The molecule has 2 saturated heterocycles. The lowest BCUT2D eigenvalue weighted by molar-refractivity contribution is -0.151. The van der Waals surface area contributed by atoms with Crippen molar-refractivity contribution in [2.45, 2.75) is 210 Å². The van der Waals surface area contributed by atoms with Crippen molar-refractivity contribution in [2.24, 2.45) is 17.6 Å². The number of rotatable bonds is 25. The van der Waals surface area contributed by atoms with E-state index in [1.165, 1.54) is 71.3 Å². The van der Waals surface area contributed by atoms with Crippen molar-refractivity contribution in [1.82, 2.24) is 77.3 Å². The van der Waals surface area contributed by atoms with Crippen molar-refractivity contribution in [3.63, 3.8) is 0 Å². The number of carbonyl (C=O) groups excluding carboxylic acids is 15. The van der Waals surface area contributed by atoms with E-state index in [4.69, 9.17) is 5.73 Å². The molecule has 2 aliphatic rings. The number of para-hydroxylation sites is 1. The molecule has 2 fully saturated rings. The molecule has 5 aromatic carbocycles. The smallest absolute Gasteiger partial charge is 0.305 e. The summed E-state index contributed by atoms with van der Waals surface area (Å²) < 4.78 is 59.7. The third-order valence-electron chi connectivity index (χ3n) is 23.2. The zero-order chi connectivity index (χ0) is 98.5. The number of carbonyl (C=O) groups is 17. The number of nitrogens with two attached hydrogens (primary N) is 1. The number of H-pyrrole nitrogens is 1. The predicted molar refractivity (Wildman–Crippen MR) is 483 cm³/mol. The number of hydrogen-bond donors (Lipinski definition) is 14. The van der Waals surface area contributed by atoms with E-state index in [1.807, 2.05) is 0 Å². The van der Waals surface area contributed by atoms with E-state index in [1.54, 1.807) is 81.6 Å². The maximum atomic E-state index is 15.6. The number of nitrogens with one attached hydrogen (secondary N) is 10. The fraction of sp³-hybridized carbons (Fsp3) is 0.473. The number of nitrogens with zero attached hydrogens (tertiary/aromatic N) is 5. The van der Waals surface area contributed by atoms with Gasteiger partial charge in [-0.3, -0.25) is 81.5 Å². The molecule has 0 unspecified atom stereocenters. The summed E-state index contributed by atoms with van der Waals surface area (Å²) >= 11 is 0.634. The Balaban J connectivity index is 1.24. The van der Waals surface area contributed by atoms with Gasteiger partial charge in [-0.1, -0.05) is 120 Å². The van der Waals surface area contributed by atoms with Crippen LogP contribution < -0.4 is 53.6 Å². The normalized spacial score (nSPS) is 22.6. The maximum Gasteiger partial charge on any atom is 0.305 e. The lowest BCUT2D eigenvalue weighted by atomic mass is 9.97. The molecule has 724 valence electrons. The van der Waals surface area contributed by atoms with Crippen LogP contribution in [-0.2, 0) is 114 Å². The lowest BCUT2D eigenvalue weighted by Gasteiger charge is -2.38. The zero-order valence-corrected chi connectivity index (χ0v) is 76.8. The van der Waals surface area contributed by atoms with E-state index < -0.39 is 270 Å². The molecule has 6 aromatic rings. The number of phenolic OH excluding ortho intramolecular Hbond substituents is 1. The number of aromatic amines is 1. The number of carboxylic acids is 2. The number of fused-ring (bicyclic) bond motifs is 2. The number of aliphatic carboxylic acids is 2. The fourth-order valence-corrected chi connectivity index (χ4v) is 16.7. The van der Waals surface area contributed by atoms with Gasteiger partial charge in [-0.15, -0.1) is 11.8 Å².